The van der Waals surface area contributed by atoms with E-state index in [1.165, 1.54) is 6.92 Å². The summed E-state index contributed by atoms with van der Waals surface area (Å²) in [5.41, 5.74) is 1.63. The number of fused-ring (bicyclic) bond motifs is 1. The van der Waals surface area contributed by atoms with Gasteiger partial charge in [0.05, 0.1) is 28.4 Å². The van der Waals surface area contributed by atoms with Crippen molar-refractivity contribution in [3.63, 3.8) is 0 Å². The first kappa shape index (κ1) is 19.7. The topological polar surface area (TPSA) is 72.5 Å². The summed E-state index contributed by atoms with van der Waals surface area (Å²) in [5, 5.41) is 0. The fourth-order valence-corrected chi connectivity index (χ4v) is 3.35. The van der Waals surface area contributed by atoms with Crippen LogP contribution in [-0.4, -0.2) is 40.5 Å². The number of carbonyl (C=O) groups excluding carboxylic acids is 1. The Morgan fingerprint density at radius 3 is 2.25 bits per heavy atom. The van der Waals surface area contributed by atoms with Crippen molar-refractivity contribution in [3.8, 4) is 28.7 Å². The highest BCUT2D eigenvalue weighted by Gasteiger charge is 2.36. The predicted molar refractivity (Wildman–Crippen MR) is 102 cm³/mol. The lowest BCUT2D eigenvalue weighted by Crippen LogP contribution is -2.34. The number of benzene rings is 2. The minimum Gasteiger partial charge on any atom is -0.496 e. The maximum absolute atomic E-state index is 11.7. The van der Waals surface area contributed by atoms with Crippen LogP contribution in [0.5, 0.6) is 28.7 Å². The van der Waals surface area contributed by atoms with Crippen LogP contribution in [-0.2, 0) is 16.0 Å². The first-order valence-corrected chi connectivity index (χ1v) is 8.81. The molecule has 7 heteroatoms. The Morgan fingerprint density at radius 1 is 0.929 bits per heavy atom. The van der Waals surface area contributed by atoms with Gasteiger partial charge in [0.1, 0.15) is 23.4 Å². The number of hydrogen-bond acceptors (Lipinski definition) is 7. The van der Waals surface area contributed by atoms with Gasteiger partial charge < -0.3 is 28.4 Å². The van der Waals surface area contributed by atoms with E-state index in [0.717, 1.165) is 11.1 Å². The van der Waals surface area contributed by atoms with Gasteiger partial charge in [-0.3, -0.25) is 4.79 Å². The zero-order chi connectivity index (χ0) is 20.3. The number of carbonyl (C=O) groups is 1. The van der Waals surface area contributed by atoms with Gasteiger partial charge in [-0.25, -0.2) is 0 Å². The Labute approximate surface area is 164 Å². The molecule has 150 valence electrons. The number of rotatable bonds is 6. The third-order valence-corrected chi connectivity index (χ3v) is 4.65. The minimum atomic E-state index is -0.523. The standard InChI is InChI=1S/C21H24O7/c1-12(22)27-20-11-15-17(25-4)9-14(23-2)10-18(15)28-21(20)13-6-7-16(24-3)19(8-13)26-5/h6-10,20-21H,11H2,1-5H3/t20-,21+/m1/s1. The minimum absolute atomic E-state index is 0.380. The van der Waals surface area contributed by atoms with E-state index in [1.807, 2.05) is 12.1 Å². The molecule has 0 saturated carbocycles. The predicted octanol–water partition coefficient (Wildman–Crippen LogP) is 3.33. The van der Waals surface area contributed by atoms with Crippen LogP contribution < -0.4 is 23.7 Å². The van der Waals surface area contributed by atoms with E-state index in [-0.39, 0.29) is 5.97 Å². The van der Waals surface area contributed by atoms with E-state index in [4.69, 9.17) is 28.4 Å². The molecule has 0 saturated heterocycles. The lowest BCUT2D eigenvalue weighted by atomic mass is 9.93. The summed E-state index contributed by atoms with van der Waals surface area (Å²) < 4.78 is 33.4. The van der Waals surface area contributed by atoms with E-state index in [2.05, 4.69) is 0 Å². The molecule has 2 aromatic carbocycles. The molecule has 0 spiro atoms. The fraction of sp³-hybridized carbons (Fsp3) is 0.381. The maximum Gasteiger partial charge on any atom is 0.303 e. The van der Waals surface area contributed by atoms with Gasteiger partial charge in [0.25, 0.3) is 0 Å². The molecule has 0 amide bonds. The van der Waals surface area contributed by atoms with Gasteiger partial charge in [-0.1, -0.05) is 6.07 Å². The first-order valence-electron chi connectivity index (χ1n) is 8.81. The Hall–Kier alpha value is -3.09. The Kier molecular flexibility index (Phi) is 5.82. The number of ether oxygens (including phenoxy) is 6. The van der Waals surface area contributed by atoms with Crippen LogP contribution in [0.2, 0.25) is 0 Å². The van der Waals surface area contributed by atoms with E-state index < -0.39 is 12.2 Å². The van der Waals surface area contributed by atoms with Crippen molar-refractivity contribution in [2.75, 3.05) is 28.4 Å². The average Bonchev–Trinajstić information content (AvgIpc) is 2.71. The van der Waals surface area contributed by atoms with E-state index >= 15 is 0 Å². The summed E-state index contributed by atoms with van der Waals surface area (Å²) >= 11 is 0. The first-order chi connectivity index (χ1) is 13.5. The SMILES string of the molecule is COc1cc(OC)c2c(c1)O[C@@H](c1ccc(OC)c(OC)c1)[C@H](OC(C)=O)C2. The molecule has 28 heavy (non-hydrogen) atoms. The van der Waals surface area contributed by atoms with Gasteiger partial charge in [-0.15, -0.1) is 0 Å². The van der Waals surface area contributed by atoms with Gasteiger partial charge >= 0.3 is 5.97 Å². The van der Waals surface area contributed by atoms with Crippen LogP contribution in [0.1, 0.15) is 24.2 Å². The summed E-state index contributed by atoms with van der Waals surface area (Å²) in [5.74, 6) is 2.66. The summed E-state index contributed by atoms with van der Waals surface area (Å²) in [4.78, 5) is 11.7. The van der Waals surface area contributed by atoms with Crippen LogP contribution >= 0.6 is 0 Å². The van der Waals surface area contributed by atoms with Crippen molar-refractivity contribution in [2.24, 2.45) is 0 Å². The lowest BCUT2D eigenvalue weighted by molar-refractivity contribution is -0.152. The molecule has 2 atom stereocenters. The van der Waals surface area contributed by atoms with Crippen molar-refractivity contribution in [1.29, 1.82) is 0 Å². The Morgan fingerprint density at radius 2 is 1.64 bits per heavy atom. The molecule has 0 unspecified atom stereocenters. The van der Waals surface area contributed by atoms with Crippen molar-refractivity contribution < 1.29 is 33.2 Å². The second-order valence-electron chi connectivity index (χ2n) is 6.31. The fourth-order valence-electron chi connectivity index (χ4n) is 3.35. The van der Waals surface area contributed by atoms with Crippen LogP contribution in [0.15, 0.2) is 30.3 Å². The summed E-state index contributed by atoms with van der Waals surface area (Å²) in [7, 11) is 6.30. The zero-order valence-corrected chi connectivity index (χ0v) is 16.6. The van der Waals surface area contributed by atoms with Crippen LogP contribution in [0, 0.1) is 0 Å². The lowest BCUT2D eigenvalue weighted by Gasteiger charge is -2.34. The zero-order valence-electron chi connectivity index (χ0n) is 16.6. The molecule has 3 rings (SSSR count). The molecule has 0 aliphatic carbocycles. The molecule has 2 aromatic rings. The molecule has 1 heterocycles. The monoisotopic (exact) mass is 388 g/mol. The number of hydrogen-bond donors (Lipinski definition) is 0. The quantitative estimate of drug-likeness (QED) is 0.703. The smallest absolute Gasteiger partial charge is 0.303 e. The van der Waals surface area contributed by atoms with Crippen LogP contribution in [0.4, 0.5) is 0 Å². The summed E-state index contributed by atoms with van der Waals surface area (Å²) in [6.07, 6.45) is -0.598. The normalized spacial score (nSPS) is 17.8. The molecule has 0 bridgehead atoms. The molecule has 7 nitrogen and oxygen atoms in total. The molecular weight excluding hydrogens is 364 g/mol. The Bertz CT molecular complexity index is 862. The summed E-state index contributed by atoms with van der Waals surface area (Å²) in [6, 6.07) is 9.07. The molecule has 1 aliphatic heterocycles. The largest absolute Gasteiger partial charge is 0.496 e. The van der Waals surface area contributed by atoms with Crippen molar-refractivity contribution in [2.45, 2.75) is 25.6 Å². The molecule has 1 aliphatic rings. The van der Waals surface area contributed by atoms with Crippen molar-refractivity contribution >= 4 is 5.97 Å². The second-order valence-corrected chi connectivity index (χ2v) is 6.31. The van der Waals surface area contributed by atoms with Gasteiger partial charge in [0, 0.05) is 36.6 Å². The van der Waals surface area contributed by atoms with E-state index in [9.17, 15) is 4.79 Å². The highest BCUT2D eigenvalue weighted by atomic mass is 16.6. The molecule has 0 aromatic heterocycles. The van der Waals surface area contributed by atoms with Gasteiger partial charge in [0.2, 0.25) is 0 Å². The number of methoxy groups -OCH3 is 4. The molecular formula is C21H24O7. The summed E-state index contributed by atoms with van der Waals surface area (Å²) in [6.45, 7) is 1.38. The maximum atomic E-state index is 11.7. The third kappa shape index (κ3) is 3.78. The van der Waals surface area contributed by atoms with Crippen LogP contribution in [0.3, 0.4) is 0 Å². The molecule has 0 N–H and O–H groups in total. The third-order valence-electron chi connectivity index (χ3n) is 4.65. The van der Waals surface area contributed by atoms with Gasteiger partial charge in [0.15, 0.2) is 17.6 Å². The van der Waals surface area contributed by atoms with Gasteiger partial charge in [-0.2, -0.15) is 0 Å². The van der Waals surface area contributed by atoms with Crippen molar-refractivity contribution in [1.82, 2.24) is 0 Å². The highest BCUT2D eigenvalue weighted by Crippen LogP contribution is 2.44. The average molecular weight is 388 g/mol. The van der Waals surface area contributed by atoms with E-state index in [0.29, 0.717) is 35.2 Å². The molecule has 0 fully saturated rings. The second kappa shape index (κ2) is 8.29. The Balaban J connectivity index is 2.06. The highest BCUT2D eigenvalue weighted by molar-refractivity contribution is 5.66. The van der Waals surface area contributed by atoms with E-state index in [1.54, 1.807) is 46.6 Å². The molecule has 0 radical (unpaired) electrons. The van der Waals surface area contributed by atoms with Gasteiger partial charge in [-0.05, 0) is 12.1 Å². The van der Waals surface area contributed by atoms with Crippen molar-refractivity contribution in [3.05, 3.63) is 41.5 Å². The number of esters is 1. The van der Waals surface area contributed by atoms with Crippen LogP contribution in [0.25, 0.3) is 0 Å².